The number of fused-ring (bicyclic) bond motifs is 10. The van der Waals surface area contributed by atoms with Crippen LogP contribution in [0.1, 0.15) is 0 Å². The minimum Gasteiger partial charge on any atom is -0.382 e. The van der Waals surface area contributed by atoms with Crippen LogP contribution in [0.2, 0.25) is 0 Å². The van der Waals surface area contributed by atoms with Crippen molar-refractivity contribution in [2.75, 3.05) is 9.80 Å². The van der Waals surface area contributed by atoms with Gasteiger partial charge in [-0.3, -0.25) is 0 Å². The maximum atomic E-state index is 2.82. The summed E-state index contributed by atoms with van der Waals surface area (Å²) in [7, 11) is 0. The van der Waals surface area contributed by atoms with Crippen LogP contribution < -0.4 is 53.5 Å². The van der Waals surface area contributed by atoms with Gasteiger partial charge in [0, 0.05) is 131 Å². The van der Waals surface area contributed by atoms with Crippen molar-refractivity contribution >= 4 is 194 Å². The summed E-state index contributed by atoms with van der Waals surface area (Å²) in [6.45, 7) is 0.0543. The monoisotopic (exact) mass is 1140 g/mol. The van der Waals surface area contributed by atoms with Crippen LogP contribution in [0.25, 0.3) is 121 Å². The van der Waals surface area contributed by atoms with E-state index >= 15 is 0 Å². The quantitative estimate of drug-likeness (QED) is 0.165. The molecule has 0 bridgehead atoms. The highest BCUT2D eigenvalue weighted by molar-refractivity contribution is 8.01. The molecule has 0 fully saturated rings. The van der Waals surface area contributed by atoms with E-state index in [1.807, 2.05) is 23.5 Å². The van der Waals surface area contributed by atoms with Gasteiger partial charge >= 0.3 is 27.4 Å². The highest BCUT2D eigenvalue weighted by Gasteiger charge is 2.55. The Morgan fingerprint density at radius 2 is 0.864 bits per heavy atom. The molecule has 12 heteroatoms. The molecule has 0 saturated heterocycles. The zero-order valence-electron chi connectivity index (χ0n) is 46.6. The second-order valence-electron chi connectivity index (χ2n) is 26.1. The molecule has 0 spiro atoms. The largest absolute Gasteiger partial charge is 0.382 e. The maximum absolute atomic E-state index is 2.82. The van der Waals surface area contributed by atoms with Gasteiger partial charge in [-0.05, 0) is 185 Å². The topological polar surface area (TPSA) is 26.2 Å². The van der Waals surface area contributed by atoms with E-state index in [9.17, 15) is 0 Å². The van der Waals surface area contributed by atoms with Gasteiger partial charge in [-0.2, -0.15) is 0 Å². The fourth-order valence-corrected chi connectivity index (χ4v) is 22.2. The van der Waals surface area contributed by atoms with Gasteiger partial charge in [-0.25, -0.2) is 0 Å². The molecule has 16 aromatic rings. The predicted molar refractivity (Wildman–Crippen MR) is 370 cm³/mol. The summed E-state index contributed by atoms with van der Waals surface area (Å²) < 4.78 is 10.9. The van der Waals surface area contributed by atoms with Gasteiger partial charge in [0.05, 0.1) is 0 Å². The number of hydrogen-bond donors (Lipinski definition) is 0. The number of nitrogens with zero attached hydrogens (tertiary/aromatic N) is 6. The van der Waals surface area contributed by atoms with E-state index in [1.165, 1.54) is 213 Å². The van der Waals surface area contributed by atoms with Crippen LogP contribution >= 0.6 is 23.5 Å². The molecule has 10 aliphatic rings. The van der Waals surface area contributed by atoms with Gasteiger partial charge in [0.1, 0.15) is 0 Å². The summed E-state index contributed by atoms with van der Waals surface area (Å²) in [5.74, 6) is 0. The Labute approximate surface area is 512 Å². The third-order valence-corrected chi connectivity index (χ3v) is 24.9. The average molecular weight is 1140 g/mol. The number of hydrogen-bond acceptors (Lipinski definition) is 4. The van der Waals surface area contributed by atoms with Crippen LogP contribution in [-0.2, 0) is 0 Å². The molecule has 0 amide bonds. The number of aromatic nitrogens is 4. The summed E-state index contributed by atoms with van der Waals surface area (Å²) in [5.41, 5.74) is 40.5. The van der Waals surface area contributed by atoms with E-state index in [4.69, 9.17) is 0 Å². The van der Waals surface area contributed by atoms with Crippen LogP contribution in [0.4, 0.5) is 34.1 Å². The molecule has 14 heterocycles. The van der Waals surface area contributed by atoms with Gasteiger partial charge < -0.3 is 27.7 Å². The zero-order chi connectivity index (χ0) is 55.7. The van der Waals surface area contributed by atoms with E-state index < -0.39 is 0 Å². The Bertz CT molecular complexity index is 6310. The van der Waals surface area contributed by atoms with E-state index in [1.54, 1.807) is 0 Å². The summed E-state index contributed by atoms with van der Waals surface area (Å²) in [6.07, 6.45) is 4.81. The lowest BCUT2D eigenvalue weighted by Gasteiger charge is -2.48. The number of benzene rings is 12. The molecule has 88 heavy (non-hydrogen) atoms. The molecular weight excluding hydrogens is 1100 g/mol. The molecule has 0 unspecified atom stereocenters. The third kappa shape index (κ3) is 4.40. The van der Waals surface area contributed by atoms with Gasteiger partial charge in [-0.15, -0.1) is 0 Å². The minimum atomic E-state index is -0.102. The lowest BCUT2D eigenvalue weighted by molar-refractivity contribution is 1.20. The Kier molecular flexibility index (Phi) is 6.91. The molecule has 6 nitrogen and oxygen atoms in total. The second-order valence-corrected chi connectivity index (χ2v) is 28.2. The maximum Gasteiger partial charge on any atom is 0.333 e. The van der Waals surface area contributed by atoms with Gasteiger partial charge in [0.25, 0.3) is 0 Å². The van der Waals surface area contributed by atoms with Crippen molar-refractivity contribution in [3.05, 3.63) is 219 Å². The van der Waals surface area contributed by atoms with Crippen LogP contribution in [0.15, 0.2) is 238 Å². The highest BCUT2D eigenvalue weighted by atomic mass is 32.2. The molecule has 0 aliphatic carbocycles. The van der Waals surface area contributed by atoms with Crippen LogP contribution in [0.5, 0.6) is 0 Å². The zero-order valence-corrected chi connectivity index (χ0v) is 48.2. The van der Waals surface area contributed by atoms with E-state index in [-0.39, 0.29) is 27.4 Å². The first-order valence-corrected chi connectivity index (χ1v) is 32.6. The van der Waals surface area contributed by atoms with Crippen LogP contribution in [0.3, 0.4) is 0 Å². The van der Waals surface area contributed by atoms with Crippen molar-refractivity contribution in [3.63, 3.8) is 0 Å². The summed E-state index contributed by atoms with van der Waals surface area (Å²) in [6, 6.07) is 80.6. The molecule has 26 rings (SSSR count). The van der Waals surface area contributed by atoms with E-state index in [0.717, 1.165) is 5.69 Å². The summed E-state index contributed by atoms with van der Waals surface area (Å²) >= 11 is 3.98. The van der Waals surface area contributed by atoms with Gasteiger partial charge in [0.15, 0.2) is 0 Å². The van der Waals surface area contributed by atoms with Crippen molar-refractivity contribution in [2.45, 2.75) is 19.6 Å². The fraction of sp³-hybridized carbons (Fsp3) is 0. The van der Waals surface area contributed by atoms with Crippen molar-refractivity contribution in [1.29, 1.82) is 0 Å². The van der Waals surface area contributed by atoms with Crippen molar-refractivity contribution in [3.8, 4) is 55.6 Å². The van der Waals surface area contributed by atoms with Crippen molar-refractivity contribution in [1.82, 2.24) is 17.9 Å². The van der Waals surface area contributed by atoms with E-state index in [0.29, 0.717) is 0 Å². The van der Waals surface area contributed by atoms with Crippen molar-refractivity contribution < 1.29 is 0 Å². The highest BCUT2D eigenvalue weighted by Crippen LogP contribution is 2.58. The molecule has 4 aromatic heterocycles. The Morgan fingerprint density at radius 1 is 0.284 bits per heavy atom. The second kappa shape index (κ2) is 14.0. The van der Waals surface area contributed by atoms with Crippen molar-refractivity contribution in [2.24, 2.45) is 0 Å². The summed E-state index contributed by atoms with van der Waals surface area (Å²) in [5, 5.41) is 8.03. The van der Waals surface area contributed by atoms with Crippen LogP contribution in [0, 0.1) is 0 Å². The summed E-state index contributed by atoms with van der Waals surface area (Å²) in [4.78, 5) is 10.8. The normalized spacial score (nSPS) is 15.3. The first-order chi connectivity index (χ1) is 43.7. The lowest BCUT2D eigenvalue weighted by atomic mass is 9.38. The SMILES string of the molecule is c1ccc(N2c3ccc(-c4ccc5c6c4-c4cccc7c8cc9ccn%10c9c9c8n(c47)B6c4c(cc6c(c4-9)B%10c4ccccc4S6)S5)cc3B3c4c2cc2c5c4-c4c6c(ccn63)cc3c6cccc7c6n(c43)B5c3c-7cccc3N2c2ccccc2)cc1. The van der Waals surface area contributed by atoms with Gasteiger partial charge in [-0.1, -0.05) is 145 Å². The molecule has 0 N–H and O–H groups in total. The first kappa shape index (κ1) is 43.5. The molecule has 0 saturated carbocycles. The molecule has 12 aromatic carbocycles. The minimum absolute atomic E-state index is 0.000886. The van der Waals surface area contributed by atoms with E-state index in [2.05, 4.69) is 246 Å². The fourth-order valence-electron chi connectivity index (χ4n) is 19.8. The van der Waals surface area contributed by atoms with Gasteiger partial charge in [0.2, 0.25) is 0 Å². The number of para-hydroxylation sites is 4. The average Bonchev–Trinajstić information content (AvgIpc) is 1.35. The molecule has 394 valence electrons. The number of anilines is 6. The smallest absolute Gasteiger partial charge is 0.333 e. The lowest BCUT2D eigenvalue weighted by Crippen LogP contribution is -2.64. The first-order valence-electron chi connectivity index (χ1n) is 30.9. The standard InChI is InChI=1S/C76H36B4N6S2/c1-3-12-40(13-4-1)83-52-26-24-37(42-25-27-57-68-60(42)47-20-10-19-46-49-33-39-28-30-81-72(39)64-62-69-58(87-56-23-8-7-21-50(56)77(69)81)36-59(88-57)70(62)80(68)86(74(46)47)76(49)64)34-51(52)78-66-54(83)35-55-67-61(66)63-71-38(29-31-82(71)78)32-48-45-18-9-17-44-43-16-11-22-53(84(55)41-14-5-2-6-15-41)65(43)79(67)85(73(44)45)75(48)63/h1-36H. The molecule has 0 atom stereocenters. The molecular formula is C76H36B4N6S2. The third-order valence-electron chi connectivity index (χ3n) is 22.6. The predicted octanol–water partition coefficient (Wildman–Crippen LogP) is 13.1. The van der Waals surface area contributed by atoms with Crippen LogP contribution in [-0.4, -0.2) is 45.3 Å². The molecule has 10 aliphatic heterocycles. The Morgan fingerprint density at radius 3 is 1.60 bits per heavy atom. The molecule has 0 radical (unpaired) electrons. The Balaban J connectivity index is 0.775. The number of rotatable bonds is 3. The Hall–Kier alpha value is -10.1.